The molecule has 3 aromatic rings. The number of nitrogens with zero attached hydrogens (tertiary/aromatic N) is 4. The first-order chi connectivity index (χ1) is 14.2. The van der Waals surface area contributed by atoms with Crippen LogP contribution in [0.15, 0.2) is 23.7 Å². The highest BCUT2D eigenvalue weighted by molar-refractivity contribution is 7.13. The van der Waals surface area contributed by atoms with Crippen molar-refractivity contribution in [1.29, 1.82) is 0 Å². The van der Waals surface area contributed by atoms with Gasteiger partial charge in [0.25, 0.3) is 0 Å². The Bertz CT molecular complexity index is 1020. The van der Waals surface area contributed by atoms with E-state index in [4.69, 9.17) is 9.47 Å². The number of nitrogens with one attached hydrogen (secondary N) is 1. The lowest BCUT2D eigenvalue weighted by Crippen LogP contribution is -2.51. The lowest BCUT2D eigenvalue weighted by atomic mass is 10.2. The van der Waals surface area contributed by atoms with E-state index in [0.717, 1.165) is 52.6 Å². The number of H-pyrrole nitrogens is 1. The fraction of sp³-hybridized carbons (Fsp3) is 0.450. The van der Waals surface area contributed by atoms with Crippen LogP contribution in [0.25, 0.3) is 21.7 Å². The molecule has 3 aromatic heterocycles. The molecule has 2 fully saturated rings. The SMILES string of the molecule is CCc1csc(-c2cc3c(N4CCN(C(=O)OC5COC5)CC4)ccnc3[nH]2)n1. The van der Waals surface area contributed by atoms with E-state index >= 15 is 0 Å². The van der Waals surface area contributed by atoms with Gasteiger partial charge >= 0.3 is 6.09 Å². The molecule has 1 amide bonds. The molecule has 5 heterocycles. The number of ether oxygens (including phenoxy) is 2. The van der Waals surface area contributed by atoms with Crippen molar-refractivity contribution >= 4 is 34.2 Å². The number of thiazole rings is 1. The van der Waals surface area contributed by atoms with Crippen molar-refractivity contribution in [3.05, 3.63) is 29.4 Å². The monoisotopic (exact) mass is 413 g/mol. The summed E-state index contributed by atoms with van der Waals surface area (Å²) in [5.41, 5.74) is 4.09. The highest BCUT2D eigenvalue weighted by Crippen LogP contribution is 2.32. The number of carbonyl (C=O) groups is 1. The van der Waals surface area contributed by atoms with E-state index < -0.39 is 0 Å². The maximum absolute atomic E-state index is 12.3. The van der Waals surface area contributed by atoms with E-state index in [2.05, 4.69) is 38.2 Å². The molecule has 0 bridgehead atoms. The molecule has 0 unspecified atom stereocenters. The molecule has 0 aromatic carbocycles. The summed E-state index contributed by atoms with van der Waals surface area (Å²) in [6.07, 6.45) is 2.44. The van der Waals surface area contributed by atoms with Crippen molar-refractivity contribution in [3.8, 4) is 10.7 Å². The van der Waals surface area contributed by atoms with E-state index in [9.17, 15) is 4.79 Å². The molecule has 0 aliphatic carbocycles. The van der Waals surface area contributed by atoms with Crippen LogP contribution in [0.5, 0.6) is 0 Å². The summed E-state index contributed by atoms with van der Waals surface area (Å²) in [5.74, 6) is 0. The molecule has 1 N–H and O–H groups in total. The minimum Gasteiger partial charge on any atom is -0.441 e. The largest absolute Gasteiger partial charge is 0.441 e. The lowest BCUT2D eigenvalue weighted by Gasteiger charge is -2.37. The maximum atomic E-state index is 12.3. The Labute approximate surface area is 172 Å². The minimum absolute atomic E-state index is 0.0854. The third-order valence-corrected chi connectivity index (χ3v) is 6.33. The zero-order valence-corrected chi connectivity index (χ0v) is 17.1. The average molecular weight is 414 g/mol. The van der Waals surface area contributed by atoms with Crippen molar-refractivity contribution in [2.24, 2.45) is 0 Å². The van der Waals surface area contributed by atoms with Crippen LogP contribution in [-0.2, 0) is 15.9 Å². The number of hydrogen-bond acceptors (Lipinski definition) is 7. The van der Waals surface area contributed by atoms with Crippen LogP contribution in [0.1, 0.15) is 12.6 Å². The maximum Gasteiger partial charge on any atom is 0.410 e. The Hall–Kier alpha value is -2.65. The van der Waals surface area contributed by atoms with Crippen LogP contribution in [-0.4, -0.2) is 71.4 Å². The summed E-state index contributed by atoms with van der Waals surface area (Å²) in [5, 5.41) is 4.17. The number of fused-ring (bicyclic) bond motifs is 1. The van der Waals surface area contributed by atoms with Crippen molar-refractivity contribution < 1.29 is 14.3 Å². The predicted octanol–water partition coefficient (Wildman–Crippen LogP) is 2.91. The Morgan fingerprint density at radius 1 is 1.34 bits per heavy atom. The summed E-state index contributed by atoms with van der Waals surface area (Å²) in [4.78, 5) is 28.9. The van der Waals surface area contributed by atoms with Crippen molar-refractivity contribution in [2.45, 2.75) is 19.4 Å². The van der Waals surface area contributed by atoms with Crippen LogP contribution in [0.2, 0.25) is 0 Å². The number of pyridine rings is 1. The van der Waals surface area contributed by atoms with Crippen LogP contribution in [0, 0.1) is 0 Å². The molecule has 0 radical (unpaired) electrons. The summed E-state index contributed by atoms with van der Waals surface area (Å²) in [7, 11) is 0. The number of hydrogen-bond donors (Lipinski definition) is 1. The highest BCUT2D eigenvalue weighted by Gasteiger charge is 2.28. The summed E-state index contributed by atoms with van der Waals surface area (Å²) in [6, 6.07) is 4.17. The first-order valence-corrected chi connectivity index (χ1v) is 10.8. The molecule has 9 heteroatoms. The first-order valence-electron chi connectivity index (χ1n) is 9.92. The van der Waals surface area contributed by atoms with Crippen molar-refractivity contribution in [2.75, 3.05) is 44.3 Å². The normalized spacial score (nSPS) is 17.6. The molecule has 2 aliphatic heterocycles. The van der Waals surface area contributed by atoms with Gasteiger partial charge in [0.2, 0.25) is 0 Å². The third kappa shape index (κ3) is 3.56. The Morgan fingerprint density at radius 3 is 2.86 bits per heavy atom. The van der Waals surface area contributed by atoms with Gasteiger partial charge in [-0.3, -0.25) is 0 Å². The van der Waals surface area contributed by atoms with Gasteiger partial charge in [0, 0.05) is 48.8 Å². The lowest BCUT2D eigenvalue weighted by molar-refractivity contribution is -0.104. The number of amides is 1. The topological polar surface area (TPSA) is 83.6 Å². The number of anilines is 1. The molecule has 0 spiro atoms. The van der Waals surface area contributed by atoms with Gasteiger partial charge < -0.3 is 24.3 Å². The summed E-state index contributed by atoms with van der Waals surface area (Å²) >= 11 is 1.65. The fourth-order valence-electron chi connectivity index (χ4n) is 3.63. The van der Waals surface area contributed by atoms with Gasteiger partial charge in [-0.15, -0.1) is 11.3 Å². The second kappa shape index (κ2) is 7.64. The van der Waals surface area contributed by atoms with Gasteiger partial charge in [0.05, 0.1) is 24.6 Å². The van der Waals surface area contributed by atoms with Gasteiger partial charge in [0.1, 0.15) is 10.7 Å². The van der Waals surface area contributed by atoms with E-state index in [0.29, 0.717) is 26.3 Å². The fourth-order valence-corrected chi connectivity index (χ4v) is 4.50. The number of aromatic nitrogens is 3. The molecule has 5 rings (SSSR count). The van der Waals surface area contributed by atoms with Crippen molar-refractivity contribution in [3.63, 3.8) is 0 Å². The van der Waals surface area contributed by atoms with Crippen LogP contribution in [0.4, 0.5) is 10.5 Å². The van der Waals surface area contributed by atoms with Gasteiger partial charge in [-0.1, -0.05) is 6.92 Å². The number of carbonyl (C=O) groups excluding carboxylic acids is 1. The number of rotatable bonds is 4. The highest BCUT2D eigenvalue weighted by atomic mass is 32.1. The molecule has 2 saturated heterocycles. The van der Waals surface area contributed by atoms with E-state index in [1.54, 1.807) is 16.2 Å². The third-order valence-electron chi connectivity index (χ3n) is 5.41. The zero-order valence-electron chi connectivity index (χ0n) is 16.3. The number of aromatic amines is 1. The Balaban J connectivity index is 1.32. The van der Waals surface area contributed by atoms with E-state index in [1.165, 1.54) is 0 Å². The number of aryl methyl sites for hydroxylation is 1. The van der Waals surface area contributed by atoms with E-state index in [1.807, 2.05) is 12.3 Å². The summed E-state index contributed by atoms with van der Waals surface area (Å²) in [6.45, 7) is 5.92. The van der Waals surface area contributed by atoms with Crippen LogP contribution < -0.4 is 4.90 Å². The molecule has 152 valence electrons. The molecule has 0 atom stereocenters. The second-order valence-corrected chi connectivity index (χ2v) is 8.15. The minimum atomic E-state index is -0.239. The quantitative estimate of drug-likeness (QED) is 0.708. The van der Waals surface area contributed by atoms with Gasteiger partial charge in [-0.2, -0.15) is 0 Å². The van der Waals surface area contributed by atoms with Gasteiger partial charge in [0.15, 0.2) is 6.10 Å². The predicted molar refractivity (Wildman–Crippen MR) is 111 cm³/mol. The van der Waals surface area contributed by atoms with Crippen molar-refractivity contribution in [1.82, 2.24) is 19.9 Å². The molecule has 0 saturated carbocycles. The second-order valence-electron chi connectivity index (χ2n) is 7.29. The van der Waals surface area contributed by atoms with Gasteiger partial charge in [-0.05, 0) is 18.6 Å². The molecule has 8 nitrogen and oxygen atoms in total. The number of piperazine rings is 1. The average Bonchev–Trinajstić information content (AvgIpc) is 3.37. The summed E-state index contributed by atoms with van der Waals surface area (Å²) < 4.78 is 10.5. The van der Waals surface area contributed by atoms with E-state index in [-0.39, 0.29) is 12.2 Å². The molecule has 2 aliphatic rings. The molecular formula is C20H23N5O3S. The first kappa shape index (κ1) is 18.4. The van der Waals surface area contributed by atoms with Gasteiger partial charge in [-0.25, -0.2) is 14.8 Å². The smallest absolute Gasteiger partial charge is 0.410 e. The zero-order chi connectivity index (χ0) is 19.8. The Morgan fingerprint density at radius 2 is 2.17 bits per heavy atom. The van der Waals surface area contributed by atoms with Crippen LogP contribution in [0.3, 0.4) is 0 Å². The molecule has 29 heavy (non-hydrogen) atoms. The standard InChI is InChI=1S/C20H23N5O3S/c1-2-13-12-29-19(22-13)16-9-15-17(3-4-21-18(15)23-16)24-5-7-25(8-6-24)20(26)28-14-10-27-11-14/h3-4,9,12,14H,2,5-8,10-11H2,1H3,(H,21,23). The van der Waals surface area contributed by atoms with Crippen LogP contribution >= 0.6 is 11.3 Å². The Kier molecular flexibility index (Phi) is 4.84. The molecular weight excluding hydrogens is 390 g/mol.